The highest BCUT2D eigenvalue weighted by atomic mass is 19.4. The van der Waals surface area contributed by atoms with Crippen molar-refractivity contribution in [1.29, 1.82) is 0 Å². The number of amides is 3. The third kappa shape index (κ3) is 10.4. The van der Waals surface area contributed by atoms with Crippen LogP contribution in [-0.4, -0.2) is 52.9 Å². The van der Waals surface area contributed by atoms with E-state index in [9.17, 15) is 60.2 Å². The Balaban J connectivity index is 1.54. The summed E-state index contributed by atoms with van der Waals surface area (Å²) < 4.78 is 89.0. The average molecular weight is 746 g/mol. The molecule has 2 atom stereocenters. The fraction of sp³-hybridized carbons (Fsp3) is 0.143. The van der Waals surface area contributed by atoms with Gasteiger partial charge in [0.2, 0.25) is 12.2 Å². The van der Waals surface area contributed by atoms with Crippen molar-refractivity contribution in [2.45, 2.75) is 31.5 Å². The zero-order valence-corrected chi connectivity index (χ0v) is 26.9. The molecule has 0 heterocycles. The molecule has 0 aliphatic carbocycles. The number of esters is 2. The Morgan fingerprint density at radius 3 is 1.57 bits per heavy atom. The topological polar surface area (TPSA) is 177 Å². The van der Waals surface area contributed by atoms with Crippen LogP contribution >= 0.6 is 0 Å². The van der Waals surface area contributed by atoms with E-state index in [1.807, 2.05) is 5.43 Å². The number of nitrogens with one attached hydrogen (secondary N) is 3. The van der Waals surface area contributed by atoms with Crippen LogP contribution < -0.4 is 16.2 Å². The molecule has 12 nitrogen and oxygen atoms in total. The zero-order valence-electron chi connectivity index (χ0n) is 26.9. The van der Waals surface area contributed by atoms with Crippen molar-refractivity contribution in [3.05, 3.63) is 136 Å². The van der Waals surface area contributed by atoms with Crippen molar-refractivity contribution in [3.63, 3.8) is 0 Å². The molecule has 0 spiro atoms. The van der Waals surface area contributed by atoms with E-state index in [-0.39, 0.29) is 11.3 Å². The van der Waals surface area contributed by atoms with Crippen molar-refractivity contribution in [2.24, 2.45) is 0 Å². The Labute approximate surface area is 294 Å². The highest BCUT2D eigenvalue weighted by Crippen LogP contribution is 2.31. The van der Waals surface area contributed by atoms with Crippen molar-refractivity contribution in [1.82, 2.24) is 10.9 Å². The van der Waals surface area contributed by atoms with Crippen molar-refractivity contribution < 1.29 is 69.7 Å². The molecule has 0 aliphatic heterocycles. The molecule has 0 unspecified atom stereocenters. The predicted octanol–water partition coefficient (Wildman–Crippen LogP) is 5.58. The Bertz CT molecular complexity index is 2050. The maximum absolute atomic E-state index is 13.3. The Morgan fingerprint density at radius 2 is 1.08 bits per heavy atom. The summed E-state index contributed by atoms with van der Waals surface area (Å²) in [6, 6.07) is 16.9. The molecule has 0 fully saturated rings. The molecule has 0 aromatic heterocycles. The molecular weight excluding hydrogens is 720 g/mol. The molecule has 18 heteroatoms. The van der Waals surface area contributed by atoms with Gasteiger partial charge in [-0.3, -0.25) is 25.2 Å². The normalized spacial score (nSPS) is 12.4. The monoisotopic (exact) mass is 745 g/mol. The number of aryl methyl sites for hydroxylation is 1. The molecule has 4 rings (SSSR count). The summed E-state index contributed by atoms with van der Waals surface area (Å²) in [6.45, 7) is 1.79. The molecule has 4 aromatic rings. The molecule has 276 valence electrons. The summed E-state index contributed by atoms with van der Waals surface area (Å²) in [5, 5.41) is 12.5. The van der Waals surface area contributed by atoms with Crippen LogP contribution in [0.15, 0.2) is 97.1 Å². The Morgan fingerprint density at radius 1 is 0.585 bits per heavy atom. The van der Waals surface area contributed by atoms with E-state index in [0.29, 0.717) is 29.8 Å². The first-order chi connectivity index (χ1) is 24.8. The van der Waals surface area contributed by atoms with Gasteiger partial charge >= 0.3 is 30.3 Å². The fourth-order valence-corrected chi connectivity index (χ4v) is 4.46. The minimum Gasteiger partial charge on any atom is -0.478 e. The second kappa shape index (κ2) is 16.1. The number of ether oxygens (including phenoxy) is 2. The maximum atomic E-state index is 13.3. The number of carbonyl (C=O) groups excluding carboxylic acids is 5. The van der Waals surface area contributed by atoms with Gasteiger partial charge in [-0.25, -0.2) is 14.4 Å². The lowest BCUT2D eigenvalue weighted by atomic mass is 10.1. The largest absolute Gasteiger partial charge is 0.478 e. The van der Waals surface area contributed by atoms with Crippen LogP contribution in [0.3, 0.4) is 0 Å². The number of carboxylic acid groups (broad SMARTS) is 1. The van der Waals surface area contributed by atoms with E-state index in [4.69, 9.17) is 9.47 Å². The Hall–Kier alpha value is -6.72. The lowest BCUT2D eigenvalue weighted by Gasteiger charge is -2.24. The number of anilines is 1. The number of halogens is 6. The molecule has 4 N–H and O–H groups in total. The number of hydrogen-bond acceptors (Lipinski definition) is 8. The van der Waals surface area contributed by atoms with Gasteiger partial charge in [0.25, 0.3) is 17.7 Å². The van der Waals surface area contributed by atoms with Gasteiger partial charge in [0.15, 0.2) is 0 Å². The van der Waals surface area contributed by atoms with Gasteiger partial charge in [-0.2, -0.15) is 26.3 Å². The first kappa shape index (κ1) is 39.1. The number of carboxylic acids is 1. The summed E-state index contributed by atoms with van der Waals surface area (Å²) in [4.78, 5) is 76.4. The number of hydrazine groups is 1. The van der Waals surface area contributed by atoms with Crippen LogP contribution in [0.1, 0.15) is 58.1 Å². The average Bonchev–Trinajstić information content (AvgIpc) is 3.11. The number of alkyl halides is 6. The first-order valence-corrected chi connectivity index (χ1v) is 14.9. The fourth-order valence-electron chi connectivity index (χ4n) is 4.46. The third-order valence-electron chi connectivity index (χ3n) is 7.08. The van der Waals surface area contributed by atoms with Crippen molar-refractivity contribution in [2.75, 3.05) is 5.32 Å². The van der Waals surface area contributed by atoms with Gasteiger partial charge in [0.05, 0.1) is 22.3 Å². The summed E-state index contributed by atoms with van der Waals surface area (Å²) in [6.07, 6.45) is -15.4. The lowest BCUT2D eigenvalue weighted by Crippen LogP contribution is -2.54. The van der Waals surface area contributed by atoms with Crippen LogP contribution in [-0.2, 0) is 31.4 Å². The van der Waals surface area contributed by atoms with Gasteiger partial charge < -0.3 is 19.9 Å². The van der Waals surface area contributed by atoms with Crippen LogP contribution in [0.2, 0.25) is 0 Å². The minimum atomic E-state index is -4.94. The molecule has 0 radical (unpaired) electrons. The first-order valence-electron chi connectivity index (χ1n) is 14.9. The van der Waals surface area contributed by atoms with Gasteiger partial charge in [-0.1, -0.05) is 29.8 Å². The van der Waals surface area contributed by atoms with Gasteiger partial charge in [0, 0.05) is 16.8 Å². The molecule has 0 bridgehead atoms. The third-order valence-corrected chi connectivity index (χ3v) is 7.08. The summed E-state index contributed by atoms with van der Waals surface area (Å²) >= 11 is 0. The van der Waals surface area contributed by atoms with Gasteiger partial charge in [-0.15, -0.1) is 0 Å². The number of benzene rings is 4. The van der Waals surface area contributed by atoms with E-state index >= 15 is 0 Å². The zero-order chi connectivity index (χ0) is 39.1. The number of hydrogen-bond donors (Lipinski definition) is 4. The smallest absolute Gasteiger partial charge is 0.416 e. The maximum Gasteiger partial charge on any atom is 0.416 e. The van der Waals surface area contributed by atoms with E-state index in [1.54, 1.807) is 36.6 Å². The van der Waals surface area contributed by atoms with Gasteiger partial charge in [-0.05, 0) is 79.7 Å². The second-order valence-corrected chi connectivity index (χ2v) is 11.0. The van der Waals surface area contributed by atoms with E-state index in [0.717, 1.165) is 29.8 Å². The van der Waals surface area contributed by atoms with E-state index in [1.165, 1.54) is 24.3 Å². The summed E-state index contributed by atoms with van der Waals surface area (Å²) in [5.41, 5.74) is 0.661. The quantitative estimate of drug-likeness (QED) is 0.0917. The van der Waals surface area contributed by atoms with Gasteiger partial charge in [0.1, 0.15) is 0 Å². The molecule has 0 aliphatic rings. The molecule has 3 amide bonds. The SMILES string of the molecule is Cc1cccc(C(=O)Nc2ccc(C(=O)NNC(=O)[C@@H](OC(=O)c3cccc(C(F)(F)F)c3)[C@H](OC(=O)c3cccc(C(F)(F)F)c3)C(=O)O)cc2)c1. The standard InChI is InChI=1S/C35H25F6N3O9/c1-18-5-2-6-20(15-18)28(45)42-25-13-11-19(12-14-25)29(46)43-44-30(47)26(52-32(50)21-7-3-9-23(16-21)34(36,37)38)27(31(48)49)53-33(51)22-8-4-10-24(17-22)35(39,40)41/h2-17,26-27H,1H3,(H,42,45)(H,43,46)(H,44,47)(H,48,49)/t26-,27-/m0/s1. The van der Waals surface area contributed by atoms with Crippen molar-refractivity contribution in [3.8, 4) is 0 Å². The number of rotatable bonds is 10. The number of aliphatic carboxylic acids is 1. The highest BCUT2D eigenvalue weighted by molar-refractivity contribution is 6.05. The Kier molecular flexibility index (Phi) is 11.9. The predicted molar refractivity (Wildman–Crippen MR) is 170 cm³/mol. The lowest BCUT2D eigenvalue weighted by molar-refractivity contribution is -0.159. The molecule has 0 saturated heterocycles. The van der Waals surface area contributed by atoms with E-state index in [2.05, 4.69) is 5.32 Å². The van der Waals surface area contributed by atoms with E-state index < -0.39 is 82.4 Å². The van der Waals surface area contributed by atoms with Crippen LogP contribution in [0.4, 0.5) is 32.0 Å². The molecule has 0 saturated carbocycles. The second-order valence-electron chi connectivity index (χ2n) is 11.0. The summed E-state index contributed by atoms with van der Waals surface area (Å²) in [7, 11) is 0. The van der Waals surface area contributed by atoms with Crippen LogP contribution in [0.5, 0.6) is 0 Å². The minimum absolute atomic E-state index is 0.137. The highest BCUT2D eigenvalue weighted by Gasteiger charge is 2.42. The van der Waals surface area contributed by atoms with Crippen molar-refractivity contribution >= 4 is 41.3 Å². The molecule has 4 aromatic carbocycles. The number of carbonyl (C=O) groups is 6. The summed E-state index contributed by atoms with van der Waals surface area (Å²) in [5.74, 6) is -8.82. The molecule has 53 heavy (non-hydrogen) atoms. The van der Waals surface area contributed by atoms with Crippen LogP contribution in [0.25, 0.3) is 0 Å². The van der Waals surface area contributed by atoms with Crippen LogP contribution in [0, 0.1) is 6.92 Å². The molecular formula is C35H25F6N3O9.